The van der Waals surface area contributed by atoms with Crippen LogP contribution in [-0.2, 0) is 4.74 Å². The number of alkyl halides is 1. The van der Waals surface area contributed by atoms with Crippen LogP contribution in [0.15, 0.2) is 82.5 Å². The Morgan fingerprint density at radius 3 is 1.97 bits per heavy atom. The number of nitrogens with zero attached hydrogens (tertiary/aromatic N) is 1. The van der Waals surface area contributed by atoms with Crippen molar-refractivity contribution in [1.82, 2.24) is 9.55 Å². The Morgan fingerprint density at radius 1 is 1.00 bits per heavy atom. The van der Waals surface area contributed by atoms with Gasteiger partial charge in [0, 0.05) is 23.4 Å². The summed E-state index contributed by atoms with van der Waals surface area (Å²) in [5.74, 6) is -2.23. The number of hydrogen-bond donors (Lipinski definition) is 3. The second-order valence-electron chi connectivity index (χ2n) is 8.18. The molecule has 0 unspecified atom stereocenters. The predicted molar refractivity (Wildman–Crippen MR) is 117 cm³/mol. The summed E-state index contributed by atoms with van der Waals surface area (Å²) in [5, 5.41) is 22.5. The summed E-state index contributed by atoms with van der Waals surface area (Å²) in [6.07, 6.45) is -5.21. The van der Waals surface area contributed by atoms with Gasteiger partial charge >= 0.3 is 5.69 Å². The molecule has 1 fully saturated rings. The van der Waals surface area contributed by atoms with Crippen LogP contribution in [-0.4, -0.2) is 54.8 Å². The lowest BCUT2D eigenvalue weighted by molar-refractivity contribution is -0.104. The molecule has 2 aromatic carbocycles. The van der Waals surface area contributed by atoms with Crippen LogP contribution in [0.1, 0.15) is 33.9 Å². The van der Waals surface area contributed by atoms with Crippen LogP contribution in [0.4, 0.5) is 4.39 Å². The fourth-order valence-electron chi connectivity index (χ4n) is 4.05. The summed E-state index contributed by atoms with van der Waals surface area (Å²) in [6, 6.07) is 15.6. The Labute approximate surface area is 192 Å². The molecule has 0 aliphatic carbocycles. The fraction of sp³-hybridized carbons (Fsp3) is 0.250. The predicted octanol–water partition coefficient (Wildman–Crippen LogP) is 1.02. The highest BCUT2D eigenvalue weighted by atomic mass is 19.1. The average Bonchev–Trinajstić information content (AvgIpc) is 3.08. The number of H-pyrrole nitrogens is 1. The summed E-state index contributed by atoms with van der Waals surface area (Å²) < 4.78 is 22.0. The first-order valence-corrected chi connectivity index (χ1v) is 10.3. The Balaban J connectivity index is 1.86. The fourth-order valence-corrected chi connectivity index (χ4v) is 4.05. The molecule has 3 aromatic rings. The van der Waals surface area contributed by atoms with Gasteiger partial charge in [-0.25, -0.2) is 9.18 Å². The summed E-state index contributed by atoms with van der Waals surface area (Å²) in [6.45, 7) is 0.903. The topological polar surface area (TPSA) is 139 Å². The zero-order valence-corrected chi connectivity index (χ0v) is 17.9. The van der Waals surface area contributed by atoms with E-state index in [2.05, 4.69) is 0 Å². The van der Waals surface area contributed by atoms with E-state index in [4.69, 9.17) is 4.74 Å². The minimum Gasteiger partial charge on any atom is -0.387 e. The molecule has 176 valence electrons. The molecule has 3 N–H and O–H groups in total. The lowest BCUT2D eigenvalue weighted by Crippen LogP contribution is -2.60. The molecule has 0 amide bonds. The number of carbonyl (C=O) groups excluding carboxylic acids is 2. The summed E-state index contributed by atoms with van der Waals surface area (Å²) in [4.78, 5) is 52.6. The molecule has 1 aromatic heterocycles. The highest BCUT2D eigenvalue weighted by molar-refractivity contribution is 6.23. The number of ether oxygens (including phenoxy) is 1. The lowest BCUT2D eigenvalue weighted by atomic mass is 9.77. The van der Waals surface area contributed by atoms with E-state index < -0.39 is 52.5 Å². The van der Waals surface area contributed by atoms with Crippen molar-refractivity contribution in [3.63, 3.8) is 0 Å². The van der Waals surface area contributed by atoms with E-state index in [9.17, 15) is 29.4 Å². The van der Waals surface area contributed by atoms with Gasteiger partial charge in [0.05, 0.1) is 0 Å². The van der Waals surface area contributed by atoms with E-state index >= 15 is 4.39 Å². The molecule has 2 heterocycles. The van der Waals surface area contributed by atoms with Crippen LogP contribution in [0.25, 0.3) is 0 Å². The van der Waals surface area contributed by atoms with Gasteiger partial charge in [-0.2, -0.15) is 0 Å². The first kappa shape index (κ1) is 23.4. The minimum atomic E-state index is -3.05. The molecule has 10 heteroatoms. The van der Waals surface area contributed by atoms with E-state index in [1.54, 1.807) is 12.1 Å². The number of aliphatic hydroxyl groups is 2. The molecule has 0 spiro atoms. The van der Waals surface area contributed by atoms with E-state index in [1.165, 1.54) is 48.5 Å². The van der Waals surface area contributed by atoms with Crippen molar-refractivity contribution in [3.05, 3.63) is 105 Å². The molecule has 9 nitrogen and oxygen atoms in total. The second-order valence-corrected chi connectivity index (χ2v) is 8.18. The molecule has 1 saturated heterocycles. The largest absolute Gasteiger partial charge is 0.387 e. The van der Waals surface area contributed by atoms with Crippen molar-refractivity contribution in [2.24, 2.45) is 0 Å². The monoisotopic (exact) mass is 468 g/mol. The van der Waals surface area contributed by atoms with Gasteiger partial charge in [0.25, 0.3) is 5.56 Å². The van der Waals surface area contributed by atoms with Crippen LogP contribution in [0.2, 0.25) is 0 Å². The van der Waals surface area contributed by atoms with E-state index in [0.717, 1.165) is 19.2 Å². The Bertz CT molecular complexity index is 1280. The number of benzene rings is 2. The third kappa shape index (κ3) is 3.71. The Morgan fingerprint density at radius 2 is 1.50 bits per heavy atom. The van der Waals surface area contributed by atoms with Gasteiger partial charge in [-0.3, -0.25) is 23.9 Å². The van der Waals surface area contributed by atoms with Crippen molar-refractivity contribution in [2.75, 3.05) is 0 Å². The number of aromatic nitrogens is 2. The zero-order valence-electron chi connectivity index (χ0n) is 17.9. The number of aliphatic hydroxyl groups excluding tert-OH is 1. The van der Waals surface area contributed by atoms with Crippen LogP contribution in [0.5, 0.6) is 0 Å². The van der Waals surface area contributed by atoms with Gasteiger partial charge in [-0.1, -0.05) is 60.7 Å². The van der Waals surface area contributed by atoms with E-state index in [-0.39, 0.29) is 11.1 Å². The first-order chi connectivity index (χ1) is 16.1. The molecule has 0 saturated carbocycles. The summed E-state index contributed by atoms with van der Waals surface area (Å²) in [5.41, 5.74) is -7.72. The first-order valence-electron chi connectivity index (χ1n) is 10.3. The third-order valence-corrected chi connectivity index (χ3v) is 5.90. The van der Waals surface area contributed by atoms with Gasteiger partial charge in [0.1, 0.15) is 12.2 Å². The van der Waals surface area contributed by atoms with Crippen molar-refractivity contribution >= 4 is 11.6 Å². The maximum absolute atomic E-state index is 15.8. The Kier molecular flexibility index (Phi) is 5.90. The zero-order chi connectivity index (χ0) is 24.7. The highest BCUT2D eigenvalue weighted by Gasteiger charge is 2.65. The molecule has 1 aliphatic heterocycles. The quantitative estimate of drug-likeness (QED) is 0.363. The number of rotatable bonds is 6. The summed E-state index contributed by atoms with van der Waals surface area (Å²) >= 11 is 0. The molecular weight excluding hydrogens is 447 g/mol. The molecule has 1 aliphatic rings. The lowest BCUT2D eigenvalue weighted by Gasteiger charge is -2.33. The number of halogens is 1. The number of aromatic amines is 1. The van der Waals surface area contributed by atoms with Gasteiger partial charge in [-0.05, 0) is 6.92 Å². The average molecular weight is 468 g/mol. The molecule has 0 bridgehead atoms. The second kappa shape index (κ2) is 8.56. The van der Waals surface area contributed by atoms with Crippen molar-refractivity contribution in [2.45, 2.75) is 36.6 Å². The van der Waals surface area contributed by atoms with Crippen molar-refractivity contribution in [3.8, 4) is 0 Å². The molecule has 0 radical (unpaired) electrons. The number of ketones is 2. The third-order valence-electron chi connectivity index (χ3n) is 5.90. The molecular formula is C24H21FN2O7. The van der Waals surface area contributed by atoms with Gasteiger partial charge in [0.15, 0.2) is 11.9 Å². The van der Waals surface area contributed by atoms with Gasteiger partial charge < -0.3 is 14.9 Å². The van der Waals surface area contributed by atoms with Crippen molar-refractivity contribution < 1.29 is 28.9 Å². The van der Waals surface area contributed by atoms with Gasteiger partial charge in [-0.15, -0.1) is 0 Å². The number of Topliss-reactive ketones (excluding diaryl/α,β-unsaturated/α-hetero) is 2. The van der Waals surface area contributed by atoms with Crippen LogP contribution in [0, 0.1) is 0 Å². The number of carbonyl (C=O) groups is 2. The SMILES string of the molecule is C[C@@]1(F)[C@H](O)[C@@H](C(O)(C(=O)c2ccccc2)C(=O)c2ccccc2)O[C@H]1n1ccc(=O)[nH]c1=O. The maximum Gasteiger partial charge on any atom is 0.330 e. The van der Waals surface area contributed by atoms with Gasteiger partial charge in [0.2, 0.25) is 17.2 Å². The summed E-state index contributed by atoms with van der Waals surface area (Å²) in [7, 11) is 0. The normalized spacial score (nSPS) is 24.6. The smallest absolute Gasteiger partial charge is 0.330 e. The van der Waals surface area contributed by atoms with E-state index in [1.807, 2.05) is 4.98 Å². The van der Waals surface area contributed by atoms with Crippen LogP contribution >= 0.6 is 0 Å². The maximum atomic E-state index is 15.8. The highest BCUT2D eigenvalue weighted by Crippen LogP contribution is 2.45. The van der Waals surface area contributed by atoms with Crippen LogP contribution in [0.3, 0.4) is 0 Å². The number of hydrogen-bond acceptors (Lipinski definition) is 7. The number of nitrogens with one attached hydrogen (secondary N) is 1. The van der Waals surface area contributed by atoms with E-state index in [0.29, 0.717) is 4.57 Å². The molecule has 4 atom stereocenters. The van der Waals surface area contributed by atoms with Crippen LogP contribution < -0.4 is 11.2 Å². The standard InChI is InChI=1S/C24H21FN2O7/c1-23(25)19(31)20(34-21(23)27-13-12-16(28)26-22(27)32)24(33,17(29)14-8-4-2-5-9-14)18(30)15-10-6-3-7-11-15/h2-13,19-21,31,33H,1H3,(H,26,28,32)/t19-,20+,21-,23-/m1/s1. The van der Waals surface area contributed by atoms with Crippen molar-refractivity contribution in [1.29, 1.82) is 0 Å². The minimum absolute atomic E-state index is 0.0738. The Hall–Kier alpha value is -3.73. The molecule has 4 rings (SSSR count). The molecule has 34 heavy (non-hydrogen) atoms.